The number of rotatable bonds is 10. The Morgan fingerprint density at radius 1 is 0.971 bits per heavy atom. The first-order chi connectivity index (χ1) is 16.8. The molecule has 4 nitrogen and oxygen atoms in total. The number of hydrogen-bond acceptors (Lipinski definition) is 2. The van der Waals surface area contributed by atoms with E-state index in [9.17, 15) is 14.0 Å². The molecule has 3 rings (SSSR count). The summed E-state index contributed by atoms with van der Waals surface area (Å²) in [7, 11) is 0. The minimum atomic E-state index is -0.772. The summed E-state index contributed by atoms with van der Waals surface area (Å²) in [4.78, 5) is 28.7. The average Bonchev–Trinajstić information content (AvgIpc) is 2.85. The Bertz CT molecular complexity index is 1110. The highest BCUT2D eigenvalue weighted by Crippen LogP contribution is 2.22. The van der Waals surface area contributed by atoms with Crippen LogP contribution in [0.1, 0.15) is 42.5 Å². The standard InChI is InChI=1S/C29H32ClFN2O2/c1-4-21(3)32-29(35)27(17-22-9-6-5-7-10-22)33(19-23-15-13-20(2)14-16-23)28(34)18-24-25(30)11-8-12-26(24)31/h5-16,21,27H,4,17-19H2,1-3H3,(H,32,35). The molecule has 0 aromatic heterocycles. The summed E-state index contributed by atoms with van der Waals surface area (Å²) in [5.74, 6) is -1.13. The van der Waals surface area contributed by atoms with Crippen LogP contribution in [0, 0.1) is 12.7 Å². The zero-order valence-corrected chi connectivity index (χ0v) is 21.2. The molecule has 2 atom stereocenters. The molecule has 0 radical (unpaired) electrons. The van der Waals surface area contributed by atoms with Crippen LogP contribution in [0.2, 0.25) is 5.02 Å². The van der Waals surface area contributed by atoms with Crippen LogP contribution in [0.4, 0.5) is 4.39 Å². The van der Waals surface area contributed by atoms with E-state index in [1.165, 1.54) is 12.1 Å². The van der Waals surface area contributed by atoms with E-state index in [0.29, 0.717) is 6.42 Å². The first-order valence-electron chi connectivity index (χ1n) is 11.9. The summed E-state index contributed by atoms with van der Waals surface area (Å²) in [6.45, 7) is 6.14. The summed E-state index contributed by atoms with van der Waals surface area (Å²) in [5, 5.41) is 3.23. The SMILES string of the molecule is CCC(C)NC(=O)C(Cc1ccccc1)N(Cc1ccc(C)cc1)C(=O)Cc1c(F)cccc1Cl. The maximum Gasteiger partial charge on any atom is 0.243 e. The van der Waals surface area contributed by atoms with Crippen molar-refractivity contribution in [2.24, 2.45) is 0 Å². The molecule has 6 heteroatoms. The summed E-state index contributed by atoms with van der Waals surface area (Å²) in [5.41, 5.74) is 3.05. The van der Waals surface area contributed by atoms with E-state index in [0.717, 1.165) is 23.1 Å². The lowest BCUT2D eigenvalue weighted by atomic mass is 10.0. The van der Waals surface area contributed by atoms with Gasteiger partial charge in [0.2, 0.25) is 11.8 Å². The molecule has 2 amide bonds. The molecular weight excluding hydrogens is 463 g/mol. The van der Waals surface area contributed by atoms with Crippen LogP contribution in [0.25, 0.3) is 0 Å². The van der Waals surface area contributed by atoms with Gasteiger partial charge in [0.25, 0.3) is 0 Å². The van der Waals surface area contributed by atoms with Crippen LogP contribution in [0.15, 0.2) is 72.8 Å². The predicted molar refractivity (Wildman–Crippen MR) is 139 cm³/mol. The Hall–Kier alpha value is -3.18. The molecule has 0 aliphatic rings. The Morgan fingerprint density at radius 3 is 2.29 bits per heavy atom. The van der Waals surface area contributed by atoms with Gasteiger partial charge in [-0.25, -0.2) is 4.39 Å². The zero-order chi connectivity index (χ0) is 25.4. The molecule has 184 valence electrons. The Morgan fingerprint density at radius 2 is 1.66 bits per heavy atom. The van der Waals surface area contributed by atoms with Gasteiger partial charge in [0.05, 0.1) is 6.42 Å². The molecule has 0 bridgehead atoms. The second kappa shape index (κ2) is 12.5. The minimum Gasteiger partial charge on any atom is -0.352 e. The molecule has 0 spiro atoms. The van der Waals surface area contributed by atoms with Crippen LogP contribution in [0.3, 0.4) is 0 Å². The maximum absolute atomic E-state index is 14.5. The molecule has 0 aliphatic carbocycles. The summed E-state index contributed by atoms with van der Waals surface area (Å²) >= 11 is 6.23. The lowest BCUT2D eigenvalue weighted by Gasteiger charge is -2.32. The number of benzene rings is 3. The van der Waals surface area contributed by atoms with E-state index in [-0.39, 0.29) is 41.4 Å². The molecule has 1 N–H and O–H groups in total. The number of aryl methyl sites for hydroxylation is 1. The fourth-order valence-electron chi connectivity index (χ4n) is 3.84. The molecule has 0 saturated heterocycles. The Labute approximate surface area is 212 Å². The monoisotopic (exact) mass is 494 g/mol. The molecule has 0 saturated carbocycles. The van der Waals surface area contributed by atoms with Crippen molar-refractivity contribution in [1.29, 1.82) is 0 Å². The Balaban J connectivity index is 2.00. The summed E-state index contributed by atoms with van der Waals surface area (Å²) < 4.78 is 14.5. The highest BCUT2D eigenvalue weighted by molar-refractivity contribution is 6.31. The van der Waals surface area contributed by atoms with Gasteiger partial charge in [0.1, 0.15) is 11.9 Å². The van der Waals surface area contributed by atoms with Crippen molar-refractivity contribution in [3.63, 3.8) is 0 Å². The number of amides is 2. The van der Waals surface area contributed by atoms with Crippen LogP contribution in [-0.4, -0.2) is 28.8 Å². The van der Waals surface area contributed by atoms with Crippen molar-refractivity contribution in [1.82, 2.24) is 10.2 Å². The third-order valence-electron chi connectivity index (χ3n) is 6.14. The number of halogens is 2. The van der Waals surface area contributed by atoms with Gasteiger partial charge in [-0.1, -0.05) is 84.8 Å². The first-order valence-corrected chi connectivity index (χ1v) is 12.3. The lowest BCUT2D eigenvalue weighted by Crippen LogP contribution is -2.52. The molecule has 3 aromatic carbocycles. The molecule has 3 aromatic rings. The van der Waals surface area contributed by atoms with Crippen LogP contribution in [-0.2, 0) is 29.0 Å². The van der Waals surface area contributed by atoms with Crippen LogP contribution < -0.4 is 5.32 Å². The minimum absolute atomic E-state index is 0.0434. The van der Waals surface area contributed by atoms with E-state index in [2.05, 4.69) is 5.32 Å². The largest absolute Gasteiger partial charge is 0.352 e. The Kier molecular flexibility index (Phi) is 9.44. The summed E-state index contributed by atoms with van der Waals surface area (Å²) in [6, 6.07) is 21.0. The number of carbonyl (C=O) groups excluding carboxylic acids is 2. The third kappa shape index (κ3) is 7.40. The van der Waals surface area contributed by atoms with Crippen molar-refractivity contribution < 1.29 is 14.0 Å². The van der Waals surface area contributed by atoms with Crippen LogP contribution in [0.5, 0.6) is 0 Å². The van der Waals surface area contributed by atoms with Gasteiger partial charge in [0.15, 0.2) is 0 Å². The van der Waals surface area contributed by atoms with Gasteiger partial charge in [0, 0.05) is 29.6 Å². The fourth-order valence-corrected chi connectivity index (χ4v) is 4.07. The molecule has 0 heterocycles. The predicted octanol–water partition coefficient (Wildman–Crippen LogP) is 5.88. The first kappa shape index (κ1) is 26.4. The smallest absolute Gasteiger partial charge is 0.243 e. The average molecular weight is 495 g/mol. The topological polar surface area (TPSA) is 49.4 Å². The van der Waals surface area contributed by atoms with Gasteiger partial charge in [-0.15, -0.1) is 0 Å². The number of hydrogen-bond donors (Lipinski definition) is 1. The molecule has 0 aliphatic heterocycles. The third-order valence-corrected chi connectivity index (χ3v) is 6.49. The van der Waals surface area contributed by atoms with Crippen LogP contribution >= 0.6 is 11.6 Å². The van der Waals surface area contributed by atoms with Gasteiger partial charge < -0.3 is 10.2 Å². The second-order valence-corrected chi connectivity index (χ2v) is 9.31. The molecular formula is C29H32ClFN2O2. The normalized spacial score (nSPS) is 12.6. The van der Waals surface area contributed by atoms with E-state index in [1.807, 2.05) is 75.4 Å². The van der Waals surface area contributed by atoms with Gasteiger partial charge >= 0.3 is 0 Å². The van der Waals surface area contributed by atoms with E-state index in [1.54, 1.807) is 11.0 Å². The van der Waals surface area contributed by atoms with Gasteiger partial charge in [-0.2, -0.15) is 0 Å². The van der Waals surface area contributed by atoms with Crippen molar-refractivity contribution in [3.8, 4) is 0 Å². The van der Waals surface area contributed by atoms with Crippen molar-refractivity contribution in [2.45, 2.75) is 58.7 Å². The fraction of sp³-hybridized carbons (Fsp3) is 0.310. The number of nitrogens with one attached hydrogen (secondary N) is 1. The van der Waals surface area contributed by atoms with E-state index < -0.39 is 11.9 Å². The number of carbonyl (C=O) groups is 2. The quantitative estimate of drug-likeness (QED) is 0.382. The highest BCUT2D eigenvalue weighted by Gasteiger charge is 2.31. The maximum atomic E-state index is 14.5. The van der Waals surface area contributed by atoms with Crippen molar-refractivity contribution in [3.05, 3.63) is 106 Å². The van der Waals surface area contributed by atoms with Crippen molar-refractivity contribution in [2.75, 3.05) is 0 Å². The van der Waals surface area contributed by atoms with E-state index in [4.69, 9.17) is 11.6 Å². The van der Waals surface area contributed by atoms with E-state index >= 15 is 0 Å². The van der Waals surface area contributed by atoms with Gasteiger partial charge in [-0.05, 0) is 43.5 Å². The summed E-state index contributed by atoms with van der Waals surface area (Å²) in [6.07, 6.45) is 0.867. The molecule has 35 heavy (non-hydrogen) atoms. The van der Waals surface area contributed by atoms with Crippen molar-refractivity contribution >= 4 is 23.4 Å². The lowest BCUT2D eigenvalue weighted by molar-refractivity contribution is -0.141. The van der Waals surface area contributed by atoms with Gasteiger partial charge in [-0.3, -0.25) is 9.59 Å². The molecule has 2 unspecified atom stereocenters. The number of nitrogens with zero attached hydrogens (tertiary/aromatic N) is 1. The second-order valence-electron chi connectivity index (χ2n) is 8.91. The molecule has 0 fully saturated rings. The zero-order valence-electron chi connectivity index (χ0n) is 20.4. The highest BCUT2D eigenvalue weighted by atomic mass is 35.5.